The molecule has 0 fully saturated rings. The number of hydrazine groups is 1. The molecule has 2 unspecified atom stereocenters. The Balaban J connectivity index is 0.000000346. The van der Waals surface area contributed by atoms with Crippen LogP contribution in [0.1, 0.15) is 44.2 Å². The Morgan fingerprint density at radius 2 is 1.67 bits per heavy atom. The largest absolute Gasteiger partial charge is 0.294 e. The van der Waals surface area contributed by atoms with E-state index < -0.39 is 10.1 Å². The number of carbonyl (C=O) groups is 1. The number of amides is 1. The highest BCUT2D eigenvalue weighted by atomic mass is 32.2. The lowest BCUT2D eigenvalue weighted by Gasteiger charge is -2.27. The van der Waals surface area contributed by atoms with E-state index in [0.29, 0.717) is 5.92 Å². The van der Waals surface area contributed by atoms with E-state index in [0.717, 1.165) is 17.5 Å². The second-order valence-corrected chi connectivity index (χ2v) is 8.76. The van der Waals surface area contributed by atoms with Crippen molar-refractivity contribution in [3.63, 3.8) is 0 Å². The van der Waals surface area contributed by atoms with Gasteiger partial charge in [0.25, 0.3) is 10.1 Å². The van der Waals surface area contributed by atoms with Crippen LogP contribution < -0.4 is 11.3 Å². The van der Waals surface area contributed by atoms with Crippen LogP contribution in [-0.4, -0.2) is 18.9 Å². The molecule has 164 valence electrons. The van der Waals surface area contributed by atoms with Gasteiger partial charge in [0.2, 0.25) is 5.91 Å². The second kappa shape index (κ2) is 12.3. The fourth-order valence-electron chi connectivity index (χ4n) is 3.02. The molecule has 0 aromatic heterocycles. The Labute approximate surface area is 179 Å². The highest BCUT2D eigenvalue weighted by Crippen LogP contribution is 2.31. The SMILES string of the molecule is CCC=CC(C(C)C)C(C(=O)NN)c1ccccc1.Cc1ccc(S(=O)(=O)O)cc1. The van der Waals surface area contributed by atoms with Gasteiger partial charge in [-0.05, 0) is 42.9 Å². The normalized spacial score (nSPS) is 13.4. The van der Waals surface area contributed by atoms with Crippen LogP contribution in [0.2, 0.25) is 0 Å². The van der Waals surface area contributed by atoms with Crippen LogP contribution in [0.25, 0.3) is 0 Å². The molecule has 0 spiro atoms. The Hall–Kier alpha value is -2.48. The molecule has 0 radical (unpaired) electrons. The van der Waals surface area contributed by atoms with Crippen molar-refractivity contribution in [2.24, 2.45) is 17.7 Å². The van der Waals surface area contributed by atoms with Crippen LogP contribution in [-0.2, 0) is 14.9 Å². The zero-order chi connectivity index (χ0) is 22.7. The summed E-state index contributed by atoms with van der Waals surface area (Å²) in [5, 5.41) is 0. The summed E-state index contributed by atoms with van der Waals surface area (Å²) in [6, 6.07) is 15.8. The third-order valence-electron chi connectivity index (χ3n) is 4.65. The first kappa shape index (κ1) is 25.6. The zero-order valence-electron chi connectivity index (χ0n) is 17.9. The van der Waals surface area contributed by atoms with Gasteiger partial charge in [0, 0.05) is 0 Å². The molecular formula is C23H32N2O4S. The van der Waals surface area contributed by atoms with Crippen molar-refractivity contribution in [2.75, 3.05) is 0 Å². The molecular weight excluding hydrogens is 400 g/mol. The van der Waals surface area contributed by atoms with E-state index in [-0.39, 0.29) is 22.6 Å². The number of aryl methyl sites for hydroxylation is 1. The Morgan fingerprint density at radius 1 is 1.10 bits per heavy atom. The monoisotopic (exact) mass is 432 g/mol. The summed E-state index contributed by atoms with van der Waals surface area (Å²) in [6.45, 7) is 8.19. The van der Waals surface area contributed by atoms with E-state index >= 15 is 0 Å². The molecule has 0 saturated carbocycles. The van der Waals surface area contributed by atoms with Crippen LogP contribution in [0.15, 0.2) is 71.6 Å². The average Bonchev–Trinajstić information content (AvgIpc) is 2.71. The van der Waals surface area contributed by atoms with Gasteiger partial charge in [-0.2, -0.15) is 8.42 Å². The van der Waals surface area contributed by atoms with Gasteiger partial charge in [-0.3, -0.25) is 14.8 Å². The summed E-state index contributed by atoms with van der Waals surface area (Å²) in [5.74, 6) is 5.49. The third-order valence-corrected chi connectivity index (χ3v) is 5.52. The van der Waals surface area contributed by atoms with Crippen molar-refractivity contribution in [1.82, 2.24) is 5.43 Å². The minimum Gasteiger partial charge on any atom is -0.294 e. The number of hydrogen-bond acceptors (Lipinski definition) is 4. The molecule has 0 aliphatic heterocycles. The summed E-state index contributed by atoms with van der Waals surface area (Å²) in [6.07, 6.45) is 5.22. The fraction of sp³-hybridized carbons (Fsp3) is 0.348. The minimum absolute atomic E-state index is 0.0666. The predicted molar refractivity (Wildman–Crippen MR) is 120 cm³/mol. The van der Waals surface area contributed by atoms with Gasteiger partial charge in [0.1, 0.15) is 0 Å². The first-order valence-corrected chi connectivity index (χ1v) is 11.3. The van der Waals surface area contributed by atoms with Crippen molar-refractivity contribution in [2.45, 2.75) is 44.9 Å². The molecule has 0 aliphatic rings. The molecule has 2 rings (SSSR count). The minimum atomic E-state index is -4.02. The lowest BCUT2D eigenvalue weighted by Crippen LogP contribution is -2.38. The average molecular weight is 433 g/mol. The van der Waals surface area contributed by atoms with Crippen LogP contribution in [0.5, 0.6) is 0 Å². The molecule has 0 heterocycles. The van der Waals surface area contributed by atoms with Crippen molar-refractivity contribution in [1.29, 1.82) is 0 Å². The van der Waals surface area contributed by atoms with E-state index in [2.05, 4.69) is 38.3 Å². The second-order valence-electron chi connectivity index (χ2n) is 7.34. The molecule has 0 bridgehead atoms. The van der Waals surface area contributed by atoms with Crippen molar-refractivity contribution in [3.8, 4) is 0 Å². The summed E-state index contributed by atoms with van der Waals surface area (Å²) < 4.78 is 29.6. The van der Waals surface area contributed by atoms with E-state index in [1.807, 2.05) is 37.3 Å². The highest BCUT2D eigenvalue weighted by molar-refractivity contribution is 7.85. The fourth-order valence-corrected chi connectivity index (χ4v) is 3.50. The van der Waals surface area contributed by atoms with E-state index in [1.165, 1.54) is 12.1 Å². The lowest BCUT2D eigenvalue weighted by molar-refractivity contribution is -0.123. The van der Waals surface area contributed by atoms with Crippen LogP contribution in [0.3, 0.4) is 0 Å². The van der Waals surface area contributed by atoms with Crippen LogP contribution in [0.4, 0.5) is 0 Å². The van der Waals surface area contributed by atoms with Crippen LogP contribution in [0, 0.1) is 18.8 Å². The lowest BCUT2D eigenvalue weighted by atomic mass is 9.78. The van der Waals surface area contributed by atoms with Crippen LogP contribution >= 0.6 is 0 Å². The maximum absolute atomic E-state index is 12.2. The Kier molecular flexibility index (Phi) is 10.5. The first-order chi connectivity index (χ1) is 14.1. The smallest absolute Gasteiger partial charge is 0.294 e. The van der Waals surface area contributed by atoms with Gasteiger partial charge in [-0.1, -0.05) is 81.0 Å². The van der Waals surface area contributed by atoms with Gasteiger partial charge in [0.05, 0.1) is 10.8 Å². The van der Waals surface area contributed by atoms with E-state index in [1.54, 1.807) is 12.1 Å². The highest BCUT2D eigenvalue weighted by Gasteiger charge is 2.29. The quantitative estimate of drug-likeness (QED) is 0.199. The number of carbonyl (C=O) groups excluding carboxylic acids is 1. The van der Waals surface area contributed by atoms with Crippen molar-refractivity contribution in [3.05, 3.63) is 77.9 Å². The third kappa shape index (κ3) is 8.10. The molecule has 30 heavy (non-hydrogen) atoms. The summed E-state index contributed by atoms with van der Waals surface area (Å²) in [4.78, 5) is 12.1. The number of allylic oxidation sites excluding steroid dienone is 2. The molecule has 0 aliphatic carbocycles. The Morgan fingerprint density at radius 3 is 2.10 bits per heavy atom. The number of rotatable bonds is 7. The predicted octanol–water partition coefficient (Wildman–Crippen LogP) is 4.24. The number of nitrogens with two attached hydrogens (primary N) is 1. The molecule has 6 nitrogen and oxygen atoms in total. The maximum atomic E-state index is 12.2. The summed E-state index contributed by atoms with van der Waals surface area (Å²) in [5.41, 5.74) is 4.26. The number of benzene rings is 2. The molecule has 4 N–H and O–H groups in total. The van der Waals surface area contributed by atoms with Gasteiger partial charge in [-0.15, -0.1) is 0 Å². The zero-order valence-corrected chi connectivity index (χ0v) is 18.8. The standard InChI is InChI=1S/C16H24N2O.C7H8O3S/c1-4-5-11-14(12(2)3)15(16(19)18-17)13-9-7-6-8-10-13;1-6-2-4-7(5-3-6)11(8,9)10/h5-12,14-15H,4,17H2,1-3H3,(H,18,19);2-5H,1H3,(H,8,9,10). The van der Waals surface area contributed by atoms with Gasteiger partial charge in [-0.25, -0.2) is 5.84 Å². The number of hydrogen-bond donors (Lipinski definition) is 3. The van der Waals surface area contributed by atoms with Gasteiger partial charge >= 0.3 is 0 Å². The van der Waals surface area contributed by atoms with Gasteiger partial charge < -0.3 is 0 Å². The molecule has 1 amide bonds. The molecule has 2 atom stereocenters. The number of nitrogens with one attached hydrogen (secondary N) is 1. The molecule has 2 aromatic rings. The molecule has 2 aromatic carbocycles. The van der Waals surface area contributed by atoms with Crippen molar-refractivity contribution >= 4 is 16.0 Å². The summed E-state index contributed by atoms with van der Waals surface area (Å²) in [7, 11) is -4.02. The molecule has 0 saturated heterocycles. The van der Waals surface area contributed by atoms with E-state index in [4.69, 9.17) is 10.4 Å². The first-order valence-electron chi connectivity index (χ1n) is 9.88. The summed E-state index contributed by atoms with van der Waals surface area (Å²) >= 11 is 0. The van der Waals surface area contributed by atoms with Gasteiger partial charge in [0.15, 0.2) is 0 Å². The Bertz CT molecular complexity index is 908. The van der Waals surface area contributed by atoms with E-state index in [9.17, 15) is 13.2 Å². The maximum Gasteiger partial charge on any atom is 0.294 e. The topological polar surface area (TPSA) is 109 Å². The van der Waals surface area contributed by atoms with Crippen molar-refractivity contribution < 1.29 is 17.8 Å². The molecule has 7 heteroatoms.